The number of benzene rings is 1. The third-order valence-corrected chi connectivity index (χ3v) is 4.44. The first-order valence-electron chi connectivity index (χ1n) is 8.09. The molecule has 3 rings (SSSR count). The molecule has 0 amide bonds. The Bertz CT molecular complexity index is 409. The van der Waals surface area contributed by atoms with E-state index < -0.39 is 0 Å². The minimum Gasteiger partial charge on any atom is -0.383 e. The van der Waals surface area contributed by atoms with Gasteiger partial charge in [-0.2, -0.15) is 0 Å². The number of rotatable bonds is 4. The van der Waals surface area contributed by atoms with Crippen molar-refractivity contribution in [3.63, 3.8) is 0 Å². The van der Waals surface area contributed by atoms with Crippen LogP contribution in [0.3, 0.4) is 0 Å². The summed E-state index contributed by atoms with van der Waals surface area (Å²) in [5, 5.41) is 3.66. The van der Waals surface area contributed by atoms with Crippen molar-refractivity contribution in [2.75, 3.05) is 43.1 Å². The molecule has 1 N–H and O–H groups in total. The number of anilines is 2. The molecule has 1 atom stereocenters. The maximum atomic E-state index is 5.57. The number of nitrogens with zero attached hydrogens (tertiary/aromatic N) is 1. The summed E-state index contributed by atoms with van der Waals surface area (Å²) in [5.74, 6) is 0.665. The highest BCUT2D eigenvalue weighted by Crippen LogP contribution is 2.28. The van der Waals surface area contributed by atoms with Gasteiger partial charge >= 0.3 is 0 Å². The molecule has 0 aromatic heterocycles. The summed E-state index contributed by atoms with van der Waals surface area (Å²) in [5.41, 5.74) is 2.67. The van der Waals surface area contributed by atoms with Crippen molar-refractivity contribution in [2.45, 2.75) is 32.1 Å². The van der Waals surface area contributed by atoms with E-state index in [-0.39, 0.29) is 0 Å². The second kappa shape index (κ2) is 6.98. The number of hydrogen-bond acceptors (Lipinski definition) is 3. The summed E-state index contributed by atoms with van der Waals surface area (Å²) < 4.78 is 5.57. The van der Waals surface area contributed by atoms with Crippen LogP contribution >= 0.6 is 0 Å². The molecule has 0 aliphatic carbocycles. The topological polar surface area (TPSA) is 24.5 Å². The van der Waals surface area contributed by atoms with Crippen molar-refractivity contribution in [1.29, 1.82) is 0 Å². The Labute approximate surface area is 122 Å². The monoisotopic (exact) mass is 274 g/mol. The normalized spacial score (nSPS) is 23.6. The summed E-state index contributed by atoms with van der Waals surface area (Å²) in [6.07, 6.45) is 6.53. The molecule has 2 heterocycles. The van der Waals surface area contributed by atoms with Crippen molar-refractivity contribution in [1.82, 2.24) is 0 Å². The predicted molar refractivity (Wildman–Crippen MR) is 84.5 cm³/mol. The van der Waals surface area contributed by atoms with Gasteiger partial charge in [-0.1, -0.05) is 12.1 Å². The standard InChI is InChI=1S/C17H26N2O/c1-4-10-19(11-5-1)17-9-3-2-8-16(17)18-13-15-7-6-12-20-14-15/h2-3,8-9,15,18H,1,4-7,10-14H2. The summed E-state index contributed by atoms with van der Waals surface area (Å²) in [6, 6.07) is 8.75. The van der Waals surface area contributed by atoms with Gasteiger partial charge in [0.2, 0.25) is 0 Å². The second-order valence-electron chi connectivity index (χ2n) is 6.03. The van der Waals surface area contributed by atoms with Crippen LogP contribution in [0.4, 0.5) is 11.4 Å². The van der Waals surface area contributed by atoms with Gasteiger partial charge in [0, 0.05) is 26.2 Å². The van der Waals surface area contributed by atoms with E-state index in [9.17, 15) is 0 Å². The predicted octanol–water partition coefficient (Wildman–Crippen LogP) is 3.52. The minimum atomic E-state index is 0.665. The zero-order valence-corrected chi connectivity index (χ0v) is 12.3. The molecule has 1 unspecified atom stereocenters. The van der Waals surface area contributed by atoms with Crippen LogP contribution in [-0.4, -0.2) is 32.8 Å². The number of ether oxygens (including phenoxy) is 1. The van der Waals surface area contributed by atoms with E-state index in [1.165, 1.54) is 56.6 Å². The van der Waals surface area contributed by atoms with Gasteiger partial charge in [0.15, 0.2) is 0 Å². The van der Waals surface area contributed by atoms with Crippen LogP contribution in [0, 0.1) is 5.92 Å². The van der Waals surface area contributed by atoms with E-state index in [4.69, 9.17) is 4.74 Å². The lowest BCUT2D eigenvalue weighted by atomic mass is 10.0. The van der Waals surface area contributed by atoms with Gasteiger partial charge in [0.1, 0.15) is 0 Å². The quantitative estimate of drug-likeness (QED) is 0.909. The van der Waals surface area contributed by atoms with Gasteiger partial charge in [-0.25, -0.2) is 0 Å². The van der Waals surface area contributed by atoms with E-state index in [0.29, 0.717) is 5.92 Å². The Morgan fingerprint density at radius 2 is 1.95 bits per heavy atom. The molecule has 1 aromatic carbocycles. The lowest BCUT2D eigenvalue weighted by molar-refractivity contribution is 0.0595. The maximum absolute atomic E-state index is 5.57. The van der Waals surface area contributed by atoms with Gasteiger partial charge in [-0.15, -0.1) is 0 Å². The fourth-order valence-corrected chi connectivity index (χ4v) is 3.26. The molecule has 0 radical (unpaired) electrons. The Balaban J connectivity index is 1.62. The Morgan fingerprint density at radius 3 is 2.75 bits per heavy atom. The van der Waals surface area contributed by atoms with Crippen LogP contribution in [0.2, 0.25) is 0 Å². The fraction of sp³-hybridized carbons (Fsp3) is 0.647. The Hall–Kier alpha value is -1.22. The summed E-state index contributed by atoms with van der Waals surface area (Å²) in [6.45, 7) is 5.29. The molecule has 3 nitrogen and oxygen atoms in total. The molecule has 0 saturated carbocycles. The van der Waals surface area contributed by atoms with Gasteiger partial charge in [-0.05, 0) is 50.2 Å². The third-order valence-electron chi connectivity index (χ3n) is 4.44. The molecular weight excluding hydrogens is 248 g/mol. The highest BCUT2D eigenvalue weighted by atomic mass is 16.5. The van der Waals surface area contributed by atoms with E-state index >= 15 is 0 Å². The smallest absolute Gasteiger partial charge is 0.0602 e. The lowest BCUT2D eigenvalue weighted by Crippen LogP contribution is -2.30. The van der Waals surface area contributed by atoms with E-state index in [1.807, 2.05) is 0 Å². The van der Waals surface area contributed by atoms with Crippen molar-refractivity contribution in [3.8, 4) is 0 Å². The Morgan fingerprint density at radius 1 is 1.10 bits per heavy atom. The van der Waals surface area contributed by atoms with Gasteiger partial charge in [0.25, 0.3) is 0 Å². The zero-order valence-electron chi connectivity index (χ0n) is 12.3. The highest BCUT2D eigenvalue weighted by Gasteiger charge is 2.16. The largest absolute Gasteiger partial charge is 0.383 e. The van der Waals surface area contributed by atoms with Crippen molar-refractivity contribution in [3.05, 3.63) is 24.3 Å². The number of nitrogens with one attached hydrogen (secondary N) is 1. The van der Waals surface area contributed by atoms with Crippen LogP contribution in [0.15, 0.2) is 24.3 Å². The van der Waals surface area contributed by atoms with Gasteiger partial charge in [-0.3, -0.25) is 0 Å². The molecule has 2 aliphatic rings. The summed E-state index contributed by atoms with van der Waals surface area (Å²) in [4.78, 5) is 2.53. The van der Waals surface area contributed by atoms with Crippen LogP contribution in [-0.2, 0) is 4.74 Å². The molecule has 2 aliphatic heterocycles. The molecule has 0 spiro atoms. The molecule has 0 bridgehead atoms. The van der Waals surface area contributed by atoms with Crippen LogP contribution < -0.4 is 10.2 Å². The average molecular weight is 274 g/mol. The highest BCUT2D eigenvalue weighted by molar-refractivity contribution is 5.70. The van der Waals surface area contributed by atoms with Crippen molar-refractivity contribution < 1.29 is 4.74 Å². The molecule has 3 heteroatoms. The number of para-hydroxylation sites is 2. The van der Waals surface area contributed by atoms with Gasteiger partial charge < -0.3 is 15.0 Å². The lowest BCUT2D eigenvalue weighted by Gasteiger charge is -2.31. The average Bonchev–Trinajstić information content (AvgIpc) is 2.55. The third kappa shape index (κ3) is 3.45. The Kier molecular flexibility index (Phi) is 4.80. The number of hydrogen-bond donors (Lipinski definition) is 1. The van der Waals surface area contributed by atoms with Crippen LogP contribution in [0.1, 0.15) is 32.1 Å². The van der Waals surface area contributed by atoms with Gasteiger partial charge in [0.05, 0.1) is 18.0 Å². The molecular formula is C17H26N2O. The first kappa shape index (κ1) is 13.7. The molecule has 2 fully saturated rings. The van der Waals surface area contributed by atoms with Crippen molar-refractivity contribution in [2.24, 2.45) is 5.92 Å². The maximum Gasteiger partial charge on any atom is 0.0602 e. The van der Waals surface area contributed by atoms with Crippen LogP contribution in [0.25, 0.3) is 0 Å². The summed E-state index contributed by atoms with van der Waals surface area (Å²) >= 11 is 0. The van der Waals surface area contributed by atoms with E-state index in [2.05, 4.69) is 34.5 Å². The van der Waals surface area contributed by atoms with Crippen molar-refractivity contribution >= 4 is 11.4 Å². The molecule has 1 aromatic rings. The van der Waals surface area contributed by atoms with E-state index in [1.54, 1.807) is 0 Å². The number of piperidine rings is 1. The van der Waals surface area contributed by atoms with E-state index in [0.717, 1.165) is 19.8 Å². The fourth-order valence-electron chi connectivity index (χ4n) is 3.26. The molecule has 20 heavy (non-hydrogen) atoms. The first-order chi connectivity index (χ1) is 9.93. The summed E-state index contributed by atoms with van der Waals surface area (Å²) in [7, 11) is 0. The zero-order chi connectivity index (χ0) is 13.6. The second-order valence-corrected chi connectivity index (χ2v) is 6.03. The minimum absolute atomic E-state index is 0.665. The molecule has 2 saturated heterocycles. The van der Waals surface area contributed by atoms with Crippen LogP contribution in [0.5, 0.6) is 0 Å². The molecule has 110 valence electrons. The first-order valence-corrected chi connectivity index (χ1v) is 8.09. The SMILES string of the molecule is c1ccc(N2CCCCC2)c(NCC2CCCOC2)c1.